The number of nitrogens with zero attached hydrogens (tertiary/aromatic N) is 2. The number of nitrogen functional groups attached to an aromatic ring is 1. The second-order valence-corrected chi connectivity index (χ2v) is 14.2. The van der Waals surface area contributed by atoms with Crippen LogP contribution in [0.4, 0.5) is 16.3 Å². The molecule has 0 saturated carbocycles. The molecule has 0 aliphatic carbocycles. The van der Waals surface area contributed by atoms with Crippen molar-refractivity contribution in [1.82, 2.24) is 20.2 Å². The van der Waals surface area contributed by atoms with Crippen molar-refractivity contribution in [3.63, 3.8) is 0 Å². The van der Waals surface area contributed by atoms with Crippen molar-refractivity contribution in [3.05, 3.63) is 106 Å². The van der Waals surface area contributed by atoms with E-state index in [0.29, 0.717) is 16.7 Å². The Morgan fingerprint density at radius 1 is 0.980 bits per heavy atom. The van der Waals surface area contributed by atoms with Gasteiger partial charge in [0.15, 0.2) is 15.7 Å². The van der Waals surface area contributed by atoms with E-state index in [1.54, 1.807) is 38.1 Å². The summed E-state index contributed by atoms with van der Waals surface area (Å²) in [7, 11) is -3.67. The van der Waals surface area contributed by atoms with E-state index in [4.69, 9.17) is 15.9 Å². The van der Waals surface area contributed by atoms with E-state index >= 15 is 0 Å². The quantitative estimate of drug-likeness (QED) is 0.0772. The van der Waals surface area contributed by atoms with Gasteiger partial charge < -0.3 is 21.1 Å². The monoisotopic (exact) mass is 687 g/mol. The molecule has 0 aliphatic heterocycles. The van der Waals surface area contributed by atoms with Gasteiger partial charge in [-0.15, -0.1) is 0 Å². The Morgan fingerprint density at radius 3 is 2.33 bits per heavy atom. The first-order chi connectivity index (χ1) is 23.2. The molecule has 49 heavy (non-hydrogen) atoms. The average Bonchev–Trinajstić information content (AvgIpc) is 3.04. The summed E-state index contributed by atoms with van der Waals surface area (Å²) < 4.78 is 32.5. The van der Waals surface area contributed by atoms with Crippen LogP contribution in [0.15, 0.2) is 88.7 Å². The van der Waals surface area contributed by atoms with Gasteiger partial charge >= 0.3 is 6.09 Å². The Hall–Kier alpha value is -5.50. The Kier molecular flexibility index (Phi) is 11.9. The number of aromatic nitrogens is 2. The summed E-state index contributed by atoms with van der Waals surface area (Å²) in [5.74, 6) is -0.792. The van der Waals surface area contributed by atoms with E-state index in [2.05, 4.69) is 20.9 Å². The van der Waals surface area contributed by atoms with E-state index in [-0.39, 0.29) is 65.3 Å². The van der Waals surface area contributed by atoms with Crippen LogP contribution in [0.2, 0.25) is 0 Å². The molecule has 14 heteroatoms. The van der Waals surface area contributed by atoms with Gasteiger partial charge in [0.1, 0.15) is 19.0 Å². The number of anilines is 2. The summed E-state index contributed by atoms with van der Waals surface area (Å²) >= 11 is 0. The molecule has 0 aliphatic rings. The molecule has 0 saturated heterocycles. The van der Waals surface area contributed by atoms with Gasteiger partial charge in [-0.25, -0.2) is 18.2 Å². The van der Waals surface area contributed by atoms with Crippen LogP contribution in [0.25, 0.3) is 11.3 Å². The zero-order valence-corrected chi connectivity index (χ0v) is 28.6. The summed E-state index contributed by atoms with van der Waals surface area (Å²) in [6.45, 7) is 7.09. The lowest BCUT2D eigenvalue weighted by molar-refractivity contribution is -0.121. The molecule has 0 bridgehead atoms. The Balaban J connectivity index is 1.47. The molecule has 2 amide bonds. The largest absolute Gasteiger partial charge is 0.444 e. The average molecular weight is 688 g/mol. The number of nitrogens with one attached hydrogen (secondary N) is 4. The summed E-state index contributed by atoms with van der Waals surface area (Å²) in [6.07, 6.45) is 0.654. The fourth-order valence-electron chi connectivity index (χ4n) is 4.86. The van der Waals surface area contributed by atoms with E-state index < -0.39 is 27.4 Å². The summed E-state index contributed by atoms with van der Waals surface area (Å²) in [5, 5.41) is 16.4. The maximum atomic E-state index is 13.6. The number of carbonyl (C=O) groups excluding carboxylic acids is 2. The number of carbonyl (C=O) groups is 2. The maximum Gasteiger partial charge on any atom is 0.413 e. The highest BCUT2D eigenvalue weighted by Crippen LogP contribution is 2.27. The predicted octanol–water partition coefficient (Wildman–Crippen LogP) is 4.31. The minimum Gasteiger partial charge on any atom is -0.444 e. The van der Waals surface area contributed by atoms with Crippen LogP contribution in [-0.4, -0.2) is 47.6 Å². The SMILES string of the molecule is CC(C)CS(=O)(=O)c1cc(N)cc(-c2cnc(NC(C)C)c(=O)n2CC(=O)NCc2ccc(C(=N)NC(=O)OCc3ccccc3)cc2)c1. The highest BCUT2D eigenvalue weighted by Gasteiger charge is 2.21. The maximum absolute atomic E-state index is 13.6. The molecule has 0 radical (unpaired) electrons. The van der Waals surface area contributed by atoms with Crippen LogP contribution in [0.5, 0.6) is 0 Å². The van der Waals surface area contributed by atoms with Crippen LogP contribution in [-0.2, 0) is 39.1 Å². The van der Waals surface area contributed by atoms with Crippen molar-refractivity contribution >= 4 is 39.2 Å². The zero-order chi connectivity index (χ0) is 35.7. The molecule has 3 aromatic carbocycles. The van der Waals surface area contributed by atoms with Crippen LogP contribution in [0.1, 0.15) is 44.4 Å². The number of nitrogens with two attached hydrogens (primary N) is 1. The minimum atomic E-state index is -3.67. The van der Waals surface area contributed by atoms with Crippen molar-refractivity contribution in [1.29, 1.82) is 5.41 Å². The van der Waals surface area contributed by atoms with Crippen molar-refractivity contribution in [2.45, 2.75) is 58.3 Å². The molecule has 6 N–H and O–H groups in total. The minimum absolute atomic E-state index is 0.0137. The fourth-order valence-corrected chi connectivity index (χ4v) is 6.55. The van der Waals surface area contributed by atoms with Gasteiger partial charge in [0.05, 0.1) is 22.5 Å². The van der Waals surface area contributed by atoms with Crippen molar-refractivity contribution in [2.75, 3.05) is 16.8 Å². The number of hydrogen-bond donors (Lipinski definition) is 5. The third-order valence-electron chi connectivity index (χ3n) is 7.09. The first kappa shape index (κ1) is 36.3. The first-order valence-electron chi connectivity index (χ1n) is 15.6. The molecule has 0 unspecified atom stereocenters. The number of alkyl carbamates (subject to hydrolysis) is 1. The van der Waals surface area contributed by atoms with Gasteiger partial charge in [-0.1, -0.05) is 68.4 Å². The predicted molar refractivity (Wildman–Crippen MR) is 189 cm³/mol. The van der Waals surface area contributed by atoms with Crippen LogP contribution < -0.4 is 27.2 Å². The molecule has 1 heterocycles. The second-order valence-electron chi connectivity index (χ2n) is 12.2. The number of hydrogen-bond acceptors (Lipinski definition) is 10. The van der Waals surface area contributed by atoms with E-state index in [1.807, 2.05) is 44.2 Å². The zero-order valence-electron chi connectivity index (χ0n) is 27.8. The van der Waals surface area contributed by atoms with Crippen molar-refractivity contribution in [2.24, 2.45) is 5.92 Å². The Bertz CT molecular complexity index is 1980. The second kappa shape index (κ2) is 16.1. The molecule has 4 aromatic rings. The Morgan fingerprint density at radius 2 is 1.67 bits per heavy atom. The Labute approximate surface area is 285 Å². The third kappa shape index (κ3) is 10.2. The summed E-state index contributed by atoms with van der Waals surface area (Å²) in [6, 6.07) is 20.0. The molecular weight excluding hydrogens is 646 g/mol. The van der Waals surface area contributed by atoms with Crippen LogP contribution in [0.3, 0.4) is 0 Å². The van der Waals surface area contributed by atoms with Crippen molar-refractivity contribution < 1.29 is 22.7 Å². The van der Waals surface area contributed by atoms with Gasteiger partial charge in [0.2, 0.25) is 5.91 Å². The molecule has 1 aromatic heterocycles. The van der Waals surface area contributed by atoms with Gasteiger partial charge in [-0.3, -0.25) is 24.9 Å². The molecule has 13 nitrogen and oxygen atoms in total. The number of rotatable bonds is 13. The van der Waals surface area contributed by atoms with Crippen LogP contribution >= 0.6 is 0 Å². The van der Waals surface area contributed by atoms with Gasteiger partial charge in [0.25, 0.3) is 5.56 Å². The number of sulfone groups is 1. The standard InChI is InChI=1S/C35H41N7O6S/c1-22(2)21-49(46,47)29-15-27(14-28(36)16-29)30-18-39-33(40-23(3)4)34(44)42(30)19-31(43)38-17-24-10-12-26(13-11-24)32(37)41-35(45)48-20-25-8-6-5-7-9-25/h5-16,18,22-23H,17,19-21,36H2,1-4H3,(H,38,43)(H,39,40)(H2,37,41,45). The highest BCUT2D eigenvalue weighted by molar-refractivity contribution is 7.91. The molecule has 0 atom stereocenters. The molecule has 258 valence electrons. The van der Waals surface area contributed by atoms with Gasteiger partial charge in [0, 0.05) is 29.4 Å². The third-order valence-corrected chi connectivity index (χ3v) is 9.15. The molecular formula is C35H41N7O6S. The highest BCUT2D eigenvalue weighted by atomic mass is 32.2. The van der Waals surface area contributed by atoms with E-state index in [0.717, 1.165) is 5.56 Å². The number of benzene rings is 3. The van der Waals surface area contributed by atoms with Gasteiger partial charge in [-0.2, -0.15) is 0 Å². The number of ether oxygens (including phenoxy) is 1. The lowest BCUT2D eigenvalue weighted by Gasteiger charge is -2.17. The molecule has 0 fully saturated rings. The van der Waals surface area contributed by atoms with E-state index in [1.165, 1.54) is 29.0 Å². The lowest BCUT2D eigenvalue weighted by atomic mass is 10.1. The van der Waals surface area contributed by atoms with Gasteiger partial charge in [-0.05, 0) is 49.1 Å². The van der Waals surface area contributed by atoms with E-state index in [9.17, 15) is 22.8 Å². The summed E-state index contributed by atoms with van der Waals surface area (Å²) in [4.78, 5) is 43.2. The normalized spacial score (nSPS) is 11.3. The number of amides is 2. The molecule has 0 spiro atoms. The number of amidine groups is 1. The smallest absolute Gasteiger partial charge is 0.413 e. The lowest BCUT2D eigenvalue weighted by Crippen LogP contribution is -2.35. The van der Waals surface area contributed by atoms with Crippen LogP contribution in [0, 0.1) is 11.3 Å². The first-order valence-corrected chi connectivity index (χ1v) is 17.3. The topological polar surface area (TPSA) is 198 Å². The summed E-state index contributed by atoms with van der Waals surface area (Å²) in [5.41, 5.74) is 8.23. The van der Waals surface area contributed by atoms with Crippen molar-refractivity contribution in [3.8, 4) is 11.3 Å². The fraction of sp³-hybridized carbons (Fsp3) is 0.286. The molecule has 4 rings (SSSR count).